The third kappa shape index (κ3) is 8.92. The van der Waals surface area contributed by atoms with Crippen LogP contribution in [0.15, 0.2) is 97.3 Å². The van der Waals surface area contributed by atoms with E-state index < -0.39 is 8.07 Å². The van der Waals surface area contributed by atoms with Crippen molar-refractivity contribution in [3.8, 4) is 33.6 Å². The summed E-state index contributed by atoms with van der Waals surface area (Å²) in [6.07, 6.45) is 5.18. The Balaban J connectivity index is 0.000000239. The summed E-state index contributed by atoms with van der Waals surface area (Å²) in [4.78, 5) is 9.30. The average Bonchev–Trinajstić information content (AvgIpc) is 3.01. The molecule has 5 rings (SSSR count). The van der Waals surface area contributed by atoms with Gasteiger partial charge in [-0.1, -0.05) is 96.2 Å². The molecule has 0 aliphatic heterocycles. The third-order valence-corrected chi connectivity index (χ3v) is 9.66. The van der Waals surface area contributed by atoms with Gasteiger partial charge in [0.2, 0.25) is 0 Å². The summed E-state index contributed by atoms with van der Waals surface area (Å²) in [6.45, 7) is 18.2. The maximum atomic E-state index is 4.67. The molecule has 3 aromatic carbocycles. The number of rotatable bonds is 7. The van der Waals surface area contributed by atoms with E-state index in [0.29, 0.717) is 11.8 Å². The molecule has 0 saturated carbocycles. The van der Waals surface area contributed by atoms with Gasteiger partial charge in [-0.2, -0.15) is 0 Å². The average molecular weight is 761 g/mol. The van der Waals surface area contributed by atoms with Crippen LogP contribution in [0.3, 0.4) is 0 Å². The van der Waals surface area contributed by atoms with Gasteiger partial charge in [0.25, 0.3) is 0 Å². The Labute approximate surface area is 274 Å². The van der Waals surface area contributed by atoms with Crippen LogP contribution >= 0.6 is 0 Å². The Morgan fingerprint density at radius 1 is 0.698 bits per heavy atom. The summed E-state index contributed by atoms with van der Waals surface area (Å²) in [5, 5.41) is 1.48. The first kappa shape index (κ1) is 34.3. The van der Waals surface area contributed by atoms with Gasteiger partial charge in [-0.25, -0.2) is 0 Å². The Hall–Kier alpha value is -3.17. The summed E-state index contributed by atoms with van der Waals surface area (Å²) in [6, 6.07) is 35.9. The van der Waals surface area contributed by atoms with E-state index in [4.69, 9.17) is 0 Å². The fourth-order valence-electron chi connectivity index (χ4n) is 5.09. The van der Waals surface area contributed by atoms with E-state index in [9.17, 15) is 0 Å². The molecule has 0 aliphatic rings. The zero-order valence-corrected chi connectivity index (χ0v) is 30.2. The molecule has 0 atom stereocenters. The van der Waals surface area contributed by atoms with E-state index >= 15 is 0 Å². The topological polar surface area (TPSA) is 25.8 Å². The van der Waals surface area contributed by atoms with E-state index in [0.717, 1.165) is 28.9 Å². The number of aromatic nitrogens is 2. The molecule has 225 valence electrons. The van der Waals surface area contributed by atoms with E-state index in [-0.39, 0.29) is 20.1 Å². The fourth-order valence-corrected chi connectivity index (χ4v) is 6.75. The second-order valence-corrected chi connectivity index (χ2v) is 17.5. The van der Waals surface area contributed by atoms with Gasteiger partial charge in [0.05, 0.1) is 8.07 Å². The molecule has 4 heteroatoms. The molecule has 0 unspecified atom stereocenters. The van der Waals surface area contributed by atoms with Crippen molar-refractivity contribution in [2.75, 3.05) is 0 Å². The Kier molecular flexibility index (Phi) is 12.4. The van der Waals surface area contributed by atoms with Crippen LogP contribution in [0.1, 0.15) is 63.1 Å². The van der Waals surface area contributed by atoms with Crippen LogP contribution in [-0.2, 0) is 26.5 Å². The molecular formula is C39H44IrN2Si-2. The molecule has 0 spiro atoms. The minimum Gasteiger partial charge on any atom is -0.305 e. The molecule has 0 fully saturated rings. The van der Waals surface area contributed by atoms with Gasteiger partial charge in [0.1, 0.15) is 0 Å². The normalized spacial score (nSPS) is 11.1. The number of hydrogen-bond donors (Lipinski definition) is 0. The van der Waals surface area contributed by atoms with Gasteiger partial charge in [-0.15, -0.1) is 71.8 Å². The quantitative estimate of drug-likeness (QED) is 0.122. The second-order valence-electron chi connectivity index (χ2n) is 12.5. The molecule has 2 aromatic heterocycles. The van der Waals surface area contributed by atoms with Crippen molar-refractivity contribution in [1.29, 1.82) is 0 Å². The van der Waals surface area contributed by atoms with Gasteiger partial charge in [0, 0.05) is 32.5 Å². The third-order valence-electron chi connectivity index (χ3n) is 7.59. The molecule has 0 saturated heterocycles. The molecule has 0 aliphatic carbocycles. The van der Waals surface area contributed by atoms with Crippen molar-refractivity contribution >= 4 is 13.3 Å². The number of aryl methyl sites for hydroxylation is 1. The van der Waals surface area contributed by atoms with Crippen molar-refractivity contribution < 1.29 is 20.1 Å². The van der Waals surface area contributed by atoms with Gasteiger partial charge >= 0.3 is 0 Å². The van der Waals surface area contributed by atoms with Crippen LogP contribution in [-0.4, -0.2) is 18.0 Å². The van der Waals surface area contributed by atoms with Crippen LogP contribution in [0.4, 0.5) is 0 Å². The molecule has 5 aromatic rings. The van der Waals surface area contributed by atoms with E-state index in [1.165, 1.54) is 33.0 Å². The monoisotopic (exact) mass is 761 g/mol. The molecular weight excluding hydrogens is 717 g/mol. The summed E-state index contributed by atoms with van der Waals surface area (Å²) in [5.74, 6) is 0.988. The molecule has 0 amide bonds. The van der Waals surface area contributed by atoms with Gasteiger partial charge < -0.3 is 9.97 Å². The summed E-state index contributed by atoms with van der Waals surface area (Å²) in [7, 11) is -1.30. The van der Waals surface area contributed by atoms with E-state index in [1.807, 2.05) is 42.6 Å². The van der Waals surface area contributed by atoms with Crippen LogP contribution in [0.2, 0.25) is 19.6 Å². The zero-order valence-electron chi connectivity index (χ0n) is 26.8. The fraction of sp³-hybridized carbons (Fsp3) is 0.282. The molecule has 0 N–H and O–H groups in total. The Bertz CT molecular complexity index is 1570. The predicted octanol–water partition coefficient (Wildman–Crippen LogP) is 10.1. The minimum atomic E-state index is -1.30. The van der Waals surface area contributed by atoms with E-state index in [2.05, 4.69) is 131 Å². The zero-order chi connectivity index (χ0) is 30.3. The Morgan fingerprint density at radius 3 is 1.72 bits per heavy atom. The smallest absolute Gasteiger partial charge is 0.0798 e. The number of hydrogen-bond acceptors (Lipinski definition) is 2. The number of benzene rings is 3. The Morgan fingerprint density at radius 2 is 1.26 bits per heavy atom. The molecule has 2 heterocycles. The van der Waals surface area contributed by atoms with E-state index in [1.54, 1.807) is 0 Å². The molecule has 1 radical (unpaired) electrons. The predicted molar refractivity (Wildman–Crippen MR) is 183 cm³/mol. The minimum absolute atomic E-state index is 0. The molecule has 0 bridgehead atoms. The van der Waals surface area contributed by atoms with Crippen LogP contribution in [0, 0.1) is 12.1 Å². The SMILES string of the molecule is CC(C)c1ccc(-c2cc(-c3[c-]cccc3)ncc2C(C)C)cc1.CCc1cc(-c2[c-]cccc2)ncc1[Si](C)(C)C.[Ir]. The number of pyridine rings is 2. The van der Waals surface area contributed by atoms with Gasteiger partial charge in [0.15, 0.2) is 0 Å². The van der Waals surface area contributed by atoms with Crippen LogP contribution in [0.5, 0.6) is 0 Å². The largest absolute Gasteiger partial charge is 0.305 e. The van der Waals surface area contributed by atoms with Crippen LogP contribution in [0.25, 0.3) is 33.6 Å². The second kappa shape index (κ2) is 15.5. The van der Waals surface area contributed by atoms with Crippen molar-refractivity contribution in [2.24, 2.45) is 0 Å². The standard InChI is InChI=1S/C23H24N.C16H20NSi.Ir/c1-16(2)18-10-12-19(13-11-18)21-14-23(20-8-6-5-7-9-20)24-15-22(21)17(3)4;1-5-13-11-15(14-9-7-6-8-10-14)17-12-16(13)18(2,3)4;/h5-8,10-17H,1-4H3;6-9,11-12H,5H2,1-4H3;/q2*-1;. The maximum absolute atomic E-state index is 4.67. The van der Waals surface area contributed by atoms with Crippen molar-refractivity contribution in [3.63, 3.8) is 0 Å². The first-order chi connectivity index (χ1) is 20.1. The molecule has 43 heavy (non-hydrogen) atoms. The maximum Gasteiger partial charge on any atom is 0.0798 e. The number of nitrogens with zero attached hydrogens (tertiary/aromatic N) is 2. The van der Waals surface area contributed by atoms with Crippen molar-refractivity contribution in [3.05, 3.63) is 126 Å². The summed E-state index contributed by atoms with van der Waals surface area (Å²) < 4.78 is 0. The van der Waals surface area contributed by atoms with Crippen LogP contribution < -0.4 is 5.19 Å². The summed E-state index contributed by atoms with van der Waals surface area (Å²) >= 11 is 0. The van der Waals surface area contributed by atoms with Gasteiger partial charge in [-0.05, 0) is 57.1 Å². The first-order valence-electron chi connectivity index (χ1n) is 15.1. The first-order valence-corrected chi connectivity index (χ1v) is 18.6. The van der Waals surface area contributed by atoms with Crippen molar-refractivity contribution in [2.45, 2.75) is 72.5 Å². The van der Waals surface area contributed by atoms with Gasteiger partial charge in [-0.3, -0.25) is 0 Å². The molecule has 2 nitrogen and oxygen atoms in total. The van der Waals surface area contributed by atoms with Crippen molar-refractivity contribution in [1.82, 2.24) is 9.97 Å². The summed E-state index contributed by atoms with van der Waals surface area (Å²) in [5.41, 5.74) is 10.7.